The fraction of sp³-hybridized carbons (Fsp3) is 0.619. The van der Waals surface area contributed by atoms with Gasteiger partial charge in [0.1, 0.15) is 5.82 Å². The van der Waals surface area contributed by atoms with E-state index < -0.39 is 5.60 Å². The van der Waals surface area contributed by atoms with Gasteiger partial charge in [0.15, 0.2) is 0 Å². The maximum atomic E-state index is 12.9. The van der Waals surface area contributed by atoms with E-state index in [1.807, 2.05) is 4.90 Å². The Balaban J connectivity index is 1.57. The van der Waals surface area contributed by atoms with Crippen LogP contribution in [0.15, 0.2) is 18.3 Å². The molecule has 0 radical (unpaired) electrons. The van der Waals surface area contributed by atoms with E-state index in [4.69, 9.17) is 0 Å². The fourth-order valence-electron chi connectivity index (χ4n) is 4.17. The number of nitrogens with zero attached hydrogens (tertiary/aromatic N) is 4. The summed E-state index contributed by atoms with van der Waals surface area (Å²) >= 11 is 0. The third-order valence-corrected chi connectivity index (χ3v) is 5.85. The molecule has 1 atom stereocenters. The van der Waals surface area contributed by atoms with Crippen LogP contribution in [0.2, 0.25) is 0 Å². The van der Waals surface area contributed by atoms with Gasteiger partial charge in [0.2, 0.25) is 11.8 Å². The molecule has 0 aromatic carbocycles. The lowest BCUT2D eigenvalue weighted by atomic mass is 9.94. The molecule has 3 rings (SSSR count). The molecule has 2 fully saturated rings. The van der Waals surface area contributed by atoms with E-state index in [-0.39, 0.29) is 17.7 Å². The molecule has 1 aromatic heterocycles. The molecule has 2 saturated heterocycles. The number of pyridine rings is 1. The summed E-state index contributed by atoms with van der Waals surface area (Å²) in [4.78, 5) is 45.5. The van der Waals surface area contributed by atoms with Crippen molar-refractivity contribution >= 4 is 23.5 Å². The maximum absolute atomic E-state index is 12.9. The quantitative estimate of drug-likeness (QED) is 0.742. The maximum Gasteiger partial charge on any atom is 0.254 e. The molecule has 0 spiro atoms. The highest BCUT2D eigenvalue weighted by Crippen LogP contribution is 2.25. The SMILES string of the molecule is CC(=O)Nc1cc(C(=O)N2CCC[C@@](O)(CN3CCN(C(C)=O)CC3)CC2)ccn1. The van der Waals surface area contributed by atoms with E-state index in [1.165, 1.54) is 13.1 Å². The van der Waals surface area contributed by atoms with Crippen LogP contribution in [0.1, 0.15) is 43.5 Å². The van der Waals surface area contributed by atoms with Gasteiger partial charge in [-0.3, -0.25) is 19.3 Å². The van der Waals surface area contributed by atoms with Gasteiger partial charge in [0.25, 0.3) is 5.91 Å². The Bertz CT molecular complexity index is 793. The minimum atomic E-state index is -0.840. The second-order valence-corrected chi connectivity index (χ2v) is 8.26. The Morgan fingerprint density at radius 2 is 1.80 bits per heavy atom. The van der Waals surface area contributed by atoms with Crippen LogP contribution in [0.5, 0.6) is 0 Å². The number of anilines is 1. The van der Waals surface area contributed by atoms with Crippen molar-refractivity contribution in [3.8, 4) is 0 Å². The van der Waals surface area contributed by atoms with Gasteiger partial charge in [-0.25, -0.2) is 4.98 Å². The molecule has 9 nitrogen and oxygen atoms in total. The van der Waals surface area contributed by atoms with Crippen molar-refractivity contribution in [2.24, 2.45) is 0 Å². The van der Waals surface area contributed by atoms with E-state index in [9.17, 15) is 19.5 Å². The van der Waals surface area contributed by atoms with Crippen molar-refractivity contribution in [1.29, 1.82) is 0 Å². The summed E-state index contributed by atoms with van der Waals surface area (Å²) in [5.74, 6) is 0.0820. The second kappa shape index (κ2) is 9.53. The Morgan fingerprint density at radius 1 is 1.07 bits per heavy atom. The number of nitrogens with one attached hydrogen (secondary N) is 1. The van der Waals surface area contributed by atoms with Gasteiger partial charge in [-0.05, 0) is 31.4 Å². The molecule has 0 unspecified atom stereocenters. The third kappa shape index (κ3) is 5.76. The van der Waals surface area contributed by atoms with Crippen LogP contribution in [0.25, 0.3) is 0 Å². The molecule has 2 N–H and O–H groups in total. The predicted octanol–water partition coefficient (Wildman–Crippen LogP) is 0.561. The fourth-order valence-corrected chi connectivity index (χ4v) is 4.17. The zero-order valence-electron chi connectivity index (χ0n) is 17.8. The normalized spacial score (nSPS) is 23.0. The average Bonchev–Trinajstić information content (AvgIpc) is 2.89. The number of hydrogen-bond donors (Lipinski definition) is 2. The van der Waals surface area contributed by atoms with Crippen LogP contribution in [0, 0.1) is 0 Å². The number of aromatic nitrogens is 1. The zero-order valence-corrected chi connectivity index (χ0v) is 17.8. The monoisotopic (exact) mass is 417 g/mol. The first kappa shape index (κ1) is 22.2. The van der Waals surface area contributed by atoms with E-state index in [2.05, 4.69) is 15.2 Å². The Hall–Kier alpha value is -2.52. The first-order chi connectivity index (χ1) is 14.3. The minimum absolute atomic E-state index is 0.0924. The van der Waals surface area contributed by atoms with Crippen LogP contribution < -0.4 is 5.32 Å². The van der Waals surface area contributed by atoms with Gasteiger partial charge in [-0.2, -0.15) is 0 Å². The van der Waals surface area contributed by atoms with Crippen molar-refractivity contribution < 1.29 is 19.5 Å². The lowest BCUT2D eigenvalue weighted by Gasteiger charge is -2.39. The molecule has 3 heterocycles. The molecule has 0 bridgehead atoms. The van der Waals surface area contributed by atoms with Crippen LogP contribution in [-0.2, 0) is 9.59 Å². The van der Waals surface area contributed by atoms with Crippen molar-refractivity contribution in [3.05, 3.63) is 23.9 Å². The summed E-state index contributed by atoms with van der Waals surface area (Å²) in [5, 5.41) is 13.8. The number of likely N-dealkylation sites (tertiary alicyclic amines) is 1. The topological polar surface area (TPSA) is 106 Å². The van der Waals surface area contributed by atoms with Crippen LogP contribution in [0.3, 0.4) is 0 Å². The van der Waals surface area contributed by atoms with Crippen molar-refractivity contribution in [2.45, 2.75) is 38.7 Å². The summed E-state index contributed by atoms with van der Waals surface area (Å²) in [7, 11) is 0. The average molecular weight is 418 g/mol. The summed E-state index contributed by atoms with van der Waals surface area (Å²) in [5.41, 5.74) is -0.368. The van der Waals surface area contributed by atoms with Gasteiger partial charge >= 0.3 is 0 Å². The summed E-state index contributed by atoms with van der Waals surface area (Å²) in [6.45, 7) is 7.48. The number of carbonyl (C=O) groups excluding carboxylic acids is 3. The lowest BCUT2D eigenvalue weighted by Crippen LogP contribution is -2.53. The first-order valence-corrected chi connectivity index (χ1v) is 10.5. The molecular formula is C21H31N5O4. The molecular weight excluding hydrogens is 386 g/mol. The zero-order chi connectivity index (χ0) is 21.7. The van der Waals surface area contributed by atoms with Crippen LogP contribution >= 0.6 is 0 Å². The molecule has 2 aliphatic rings. The standard InChI is InChI=1S/C21H31N5O4/c1-16(27)23-19-14-18(4-7-22-19)20(29)26-8-3-5-21(30,6-9-26)15-24-10-12-25(13-11-24)17(2)28/h4,7,14,30H,3,5-6,8-13,15H2,1-2H3,(H,22,23,27)/t21-/m0/s1. The number of aliphatic hydroxyl groups is 1. The number of carbonyl (C=O) groups is 3. The van der Waals surface area contributed by atoms with Gasteiger partial charge in [-0.1, -0.05) is 0 Å². The Kier molecular flexibility index (Phi) is 7.04. The van der Waals surface area contributed by atoms with Gasteiger partial charge in [0.05, 0.1) is 5.60 Å². The van der Waals surface area contributed by atoms with E-state index in [1.54, 1.807) is 24.0 Å². The van der Waals surface area contributed by atoms with Gasteiger partial charge in [0, 0.05) is 71.4 Å². The highest BCUT2D eigenvalue weighted by Gasteiger charge is 2.34. The number of amides is 3. The lowest BCUT2D eigenvalue weighted by molar-refractivity contribution is -0.131. The van der Waals surface area contributed by atoms with E-state index in [0.29, 0.717) is 56.9 Å². The van der Waals surface area contributed by atoms with Crippen molar-refractivity contribution in [2.75, 3.05) is 51.1 Å². The molecule has 3 amide bonds. The molecule has 2 aliphatic heterocycles. The minimum Gasteiger partial charge on any atom is -0.388 e. The number of hydrogen-bond acceptors (Lipinski definition) is 6. The number of β-amino-alcohol motifs (C(OH)–C–C–N with tert-alkyl or cyclic N) is 1. The predicted molar refractivity (Wildman–Crippen MR) is 112 cm³/mol. The Morgan fingerprint density at radius 3 is 2.47 bits per heavy atom. The molecule has 1 aromatic rings. The largest absolute Gasteiger partial charge is 0.388 e. The smallest absolute Gasteiger partial charge is 0.254 e. The van der Waals surface area contributed by atoms with Crippen molar-refractivity contribution in [3.63, 3.8) is 0 Å². The van der Waals surface area contributed by atoms with Crippen molar-refractivity contribution in [1.82, 2.24) is 19.7 Å². The molecule has 0 saturated carbocycles. The van der Waals surface area contributed by atoms with Gasteiger partial charge < -0.3 is 20.2 Å². The summed E-state index contributed by atoms with van der Waals surface area (Å²) in [6, 6.07) is 3.22. The summed E-state index contributed by atoms with van der Waals surface area (Å²) in [6.07, 6.45) is 3.37. The third-order valence-electron chi connectivity index (χ3n) is 5.85. The van der Waals surface area contributed by atoms with Crippen LogP contribution in [-0.4, -0.2) is 93.9 Å². The summed E-state index contributed by atoms with van der Waals surface area (Å²) < 4.78 is 0. The first-order valence-electron chi connectivity index (χ1n) is 10.5. The molecule has 30 heavy (non-hydrogen) atoms. The highest BCUT2D eigenvalue weighted by molar-refractivity contribution is 5.96. The molecule has 0 aliphatic carbocycles. The number of piperazine rings is 1. The Labute approximate surface area is 177 Å². The van der Waals surface area contributed by atoms with Gasteiger partial charge in [-0.15, -0.1) is 0 Å². The van der Waals surface area contributed by atoms with E-state index >= 15 is 0 Å². The molecule has 164 valence electrons. The molecule has 9 heteroatoms. The number of rotatable bonds is 4. The van der Waals surface area contributed by atoms with Crippen LogP contribution in [0.4, 0.5) is 5.82 Å². The second-order valence-electron chi connectivity index (χ2n) is 8.26. The highest BCUT2D eigenvalue weighted by atomic mass is 16.3. The van der Waals surface area contributed by atoms with E-state index in [0.717, 1.165) is 19.5 Å².